The molecule has 0 bridgehead atoms. The van der Waals surface area contributed by atoms with Gasteiger partial charge in [-0.1, -0.05) is 17.6 Å². The van der Waals surface area contributed by atoms with Gasteiger partial charge < -0.3 is 10.8 Å². The molecule has 0 aliphatic heterocycles. The SMILES string of the molecule is Bc1ccc(N)c(C(=O)O)c1. The van der Waals surface area contributed by atoms with Gasteiger partial charge in [0.1, 0.15) is 7.85 Å². The first-order chi connectivity index (χ1) is 5.11. The maximum absolute atomic E-state index is 10.5. The summed E-state index contributed by atoms with van der Waals surface area (Å²) in [4.78, 5) is 10.5. The average molecular weight is 149 g/mol. The molecule has 0 unspecified atom stereocenters. The number of carbonyl (C=O) groups is 1. The van der Waals surface area contributed by atoms with Crippen molar-refractivity contribution in [3.63, 3.8) is 0 Å². The molecular formula is C7H8BNO2. The summed E-state index contributed by atoms with van der Waals surface area (Å²) in [5, 5.41) is 8.61. The molecule has 1 rings (SSSR count). The van der Waals surface area contributed by atoms with Gasteiger partial charge in [-0.15, -0.1) is 0 Å². The summed E-state index contributed by atoms with van der Waals surface area (Å²) in [5.41, 5.74) is 6.79. The van der Waals surface area contributed by atoms with Gasteiger partial charge in [0.15, 0.2) is 0 Å². The molecule has 0 aromatic heterocycles. The lowest BCUT2D eigenvalue weighted by Crippen LogP contribution is -2.09. The molecule has 0 aliphatic carbocycles. The Morgan fingerprint density at radius 2 is 2.18 bits per heavy atom. The smallest absolute Gasteiger partial charge is 0.337 e. The zero-order valence-corrected chi connectivity index (χ0v) is 6.16. The Hall–Kier alpha value is -1.45. The number of hydrogen-bond donors (Lipinski definition) is 2. The average Bonchev–Trinajstić information content (AvgIpc) is 1.94. The quantitative estimate of drug-likeness (QED) is 0.406. The number of carboxylic acids is 1. The van der Waals surface area contributed by atoms with E-state index in [0.717, 1.165) is 5.46 Å². The van der Waals surface area contributed by atoms with E-state index < -0.39 is 5.97 Å². The van der Waals surface area contributed by atoms with Gasteiger partial charge >= 0.3 is 5.97 Å². The molecule has 0 aliphatic rings. The van der Waals surface area contributed by atoms with Crippen molar-refractivity contribution < 1.29 is 9.90 Å². The topological polar surface area (TPSA) is 63.3 Å². The van der Waals surface area contributed by atoms with Gasteiger partial charge in [0.05, 0.1) is 5.56 Å². The largest absolute Gasteiger partial charge is 0.478 e. The van der Waals surface area contributed by atoms with Gasteiger partial charge in [-0.25, -0.2) is 4.79 Å². The Kier molecular flexibility index (Phi) is 1.85. The number of hydrogen-bond acceptors (Lipinski definition) is 2. The van der Waals surface area contributed by atoms with Crippen LogP contribution >= 0.6 is 0 Å². The van der Waals surface area contributed by atoms with Gasteiger partial charge in [-0.2, -0.15) is 0 Å². The predicted molar refractivity (Wildman–Crippen MR) is 46.0 cm³/mol. The van der Waals surface area contributed by atoms with Gasteiger partial charge in [-0.05, 0) is 6.07 Å². The Labute approximate surface area is 65.2 Å². The van der Waals surface area contributed by atoms with E-state index in [1.807, 2.05) is 7.85 Å². The number of anilines is 1. The van der Waals surface area contributed by atoms with E-state index >= 15 is 0 Å². The molecule has 0 amide bonds. The maximum atomic E-state index is 10.5. The molecule has 0 saturated heterocycles. The molecule has 4 heteroatoms. The van der Waals surface area contributed by atoms with E-state index in [2.05, 4.69) is 0 Å². The summed E-state index contributed by atoms with van der Waals surface area (Å²) < 4.78 is 0. The molecule has 56 valence electrons. The second-order valence-electron chi connectivity index (χ2n) is 2.40. The first-order valence-corrected chi connectivity index (χ1v) is 3.20. The highest BCUT2D eigenvalue weighted by Gasteiger charge is 2.05. The van der Waals surface area contributed by atoms with Crippen molar-refractivity contribution in [1.82, 2.24) is 0 Å². The summed E-state index contributed by atoms with van der Waals surface area (Å²) in [6, 6.07) is 4.93. The second kappa shape index (κ2) is 2.66. The highest BCUT2D eigenvalue weighted by molar-refractivity contribution is 6.32. The number of rotatable bonds is 1. The zero-order valence-electron chi connectivity index (χ0n) is 6.16. The summed E-state index contributed by atoms with van der Waals surface area (Å²) in [5.74, 6) is -0.980. The van der Waals surface area contributed by atoms with Gasteiger partial charge in [0.25, 0.3) is 0 Å². The summed E-state index contributed by atoms with van der Waals surface area (Å²) in [6.45, 7) is 0. The Balaban J connectivity index is 3.23. The van der Waals surface area contributed by atoms with Crippen LogP contribution in [0, 0.1) is 0 Å². The number of aromatic carboxylic acids is 1. The third-order valence-corrected chi connectivity index (χ3v) is 1.44. The van der Waals surface area contributed by atoms with E-state index in [1.54, 1.807) is 18.2 Å². The number of carboxylic acid groups (broad SMARTS) is 1. The number of nitrogens with two attached hydrogens (primary N) is 1. The van der Waals surface area contributed by atoms with Crippen molar-refractivity contribution in [2.24, 2.45) is 0 Å². The summed E-state index contributed by atoms with van der Waals surface area (Å²) in [7, 11) is 1.83. The van der Waals surface area contributed by atoms with Crippen molar-refractivity contribution in [2.45, 2.75) is 0 Å². The molecule has 11 heavy (non-hydrogen) atoms. The monoisotopic (exact) mass is 149 g/mol. The van der Waals surface area contributed by atoms with Crippen LogP contribution in [0.5, 0.6) is 0 Å². The molecule has 1 aromatic carbocycles. The fourth-order valence-corrected chi connectivity index (χ4v) is 0.855. The minimum absolute atomic E-state index is 0.171. The van der Waals surface area contributed by atoms with Crippen LogP contribution in [0.4, 0.5) is 5.69 Å². The van der Waals surface area contributed by atoms with Crippen LogP contribution in [0.25, 0.3) is 0 Å². The Morgan fingerprint density at radius 1 is 1.55 bits per heavy atom. The van der Waals surface area contributed by atoms with Gasteiger partial charge in [-0.3, -0.25) is 0 Å². The third kappa shape index (κ3) is 1.52. The fourth-order valence-electron chi connectivity index (χ4n) is 0.855. The Morgan fingerprint density at radius 3 is 2.64 bits per heavy atom. The summed E-state index contributed by atoms with van der Waals surface area (Å²) >= 11 is 0. The first-order valence-electron chi connectivity index (χ1n) is 3.20. The summed E-state index contributed by atoms with van der Waals surface area (Å²) in [6.07, 6.45) is 0. The van der Waals surface area contributed by atoms with E-state index in [-0.39, 0.29) is 5.56 Å². The number of nitrogen functional groups attached to an aromatic ring is 1. The lowest BCUT2D eigenvalue weighted by Gasteiger charge is -2.00. The number of benzene rings is 1. The molecule has 0 spiro atoms. The molecule has 0 fully saturated rings. The van der Waals surface area contributed by atoms with Crippen molar-refractivity contribution >= 4 is 25.0 Å². The van der Waals surface area contributed by atoms with Crippen LogP contribution in [-0.4, -0.2) is 18.9 Å². The highest BCUT2D eigenvalue weighted by atomic mass is 16.4. The molecule has 3 nitrogen and oxygen atoms in total. The van der Waals surface area contributed by atoms with E-state index in [0.29, 0.717) is 5.69 Å². The molecule has 0 radical (unpaired) electrons. The van der Waals surface area contributed by atoms with Crippen molar-refractivity contribution in [3.8, 4) is 0 Å². The lowest BCUT2D eigenvalue weighted by molar-refractivity contribution is 0.0698. The van der Waals surface area contributed by atoms with Crippen molar-refractivity contribution in [2.75, 3.05) is 5.73 Å². The third-order valence-electron chi connectivity index (χ3n) is 1.44. The van der Waals surface area contributed by atoms with E-state index in [4.69, 9.17) is 10.8 Å². The minimum atomic E-state index is -0.980. The maximum Gasteiger partial charge on any atom is 0.337 e. The van der Waals surface area contributed by atoms with Gasteiger partial charge in [0, 0.05) is 5.69 Å². The highest BCUT2D eigenvalue weighted by Crippen LogP contribution is 2.07. The van der Waals surface area contributed by atoms with Gasteiger partial charge in [0.2, 0.25) is 0 Å². The molecule has 1 aromatic rings. The van der Waals surface area contributed by atoms with Crippen LogP contribution in [0.15, 0.2) is 18.2 Å². The molecule has 0 saturated carbocycles. The zero-order chi connectivity index (χ0) is 8.43. The standard InChI is InChI=1S/C7H8BNO2/c8-4-1-2-6(9)5(3-4)7(10)11/h1-3H,8-9H2,(H,10,11). The Bertz CT molecular complexity index is 298. The first kappa shape index (κ1) is 7.66. The normalized spacial score (nSPS) is 9.45. The molecule has 3 N–H and O–H groups in total. The van der Waals surface area contributed by atoms with Crippen molar-refractivity contribution in [3.05, 3.63) is 23.8 Å². The predicted octanol–water partition coefficient (Wildman–Crippen LogP) is -0.775. The van der Waals surface area contributed by atoms with Crippen molar-refractivity contribution in [1.29, 1.82) is 0 Å². The van der Waals surface area contributed by atoms with E-state index in [9.17, 15) is 4.79 Å². The molecular weight excluding hydrogens is 141 g/mol. The lowest BCUT2D eigenvalue weighted by atomic mass is 9.94. The second-order valence-corrected chi connectivity index (χ2v) is 2.40. The fraction of sp³-hybridized carbons (Fsp3) is 0. The van der Waals surface area contributed by atoms with Crippen LogP contribution in [0.2, 0.25) is 0 Å². The van der Waals surface area contributed by atoms with Crippen LogP contribution in [-0.2, 0) is 0 Å². The van der Waals surface area contributed by atoms with Crippen LogP contribution in [0.1, 0.15) is 10.4 Å². The van der Waals surface area contributed by atoms with E-state index in [1.165, 1.54) is 0 Å². The van der Waals surface area contributed by atoms with Crippen LogP contribution < -0.4 is 11.2 Å². The molecule has 0 heterocycles. The van der Waals surface area contributed by atoms with Crippen LogP contribution in [0.3, 0.4) is 0 Å². The minimum Gasteiger partial charge on any atom is -0.478 e. The molecule has 0 atom stereocenters.